The number of pyridine rings is 1. The van der Waals surface area contributed by atoms with Crippen LogP contribution in [0.5, 0.6) is 0 Å². The quantitative estimate of drug-likeness (QED) is 0.624. The third kappa shape index (κ3) is 2.38. The van der Waals surface area contributed by atoms with Crippen molar-refractivity contribution in [2.24, 2.45) is 0 Å². The molecule has 2 N–H and O–H groups in total. The molecule has 0 bridgehead atoms. The van der Waals surface area contributed by atoms with Crippen molar-refractivity contribution in [2.45, 2.75) is 12.0 Å². The molecule has 2 aromatic heterocycles. The molecule has 2 atom stereocenters. The van der Waals surface area contributed by atoms with Gasteiger partial charge in [-0.05, 0) is 0 Å². The molecule has 21 heavy (non-hydrogen) atoms. The van der Waals surface area contributed by atoms with Crippen LogP contribution in [0.4, 0.5) is 0 Å². The van der Waals surface area contributed by atoms with E-state index in [1.807, 2.05) is 41.3 Å². The summed E-state index contributed by atoms with van der Waals surface area (Å²) in [7, 11) is 0. The maximum absolute atomic E-state index is 12.4. The van der Waals surface area contributed by atoms with Crippen LogP contribution < -0.4 is 9.88 Å². The van der Waals surface area contributed by atoms with Crippen molar-refractivity contribution in [3.63, 3.8) is 0 Å². The second kappa shape index (κ2) is 5.57. The molecular weight excluding hydrogens is 333 g/mol. The molecule has 3 heterocycles. The van der Waals surface area contributed by atoms with E-state index >= 15 is 0 Å². The molecule has 6 heteroatoms. The Bertz CT molecular complexity index is 732. The third-order valence-corrected chi connectivity index (χ3v) is 5.43. The van der Waals surface area contributed by atoms with E-state index in [0.717, 1.165) is 4.44 Å². The number of nitriles is 1. The Hall–Kier alpha value is -2.35. The van der Waals surface area contributed by atoms with E-state index in [4.69, 9.17) is 0 Å². The molecule has 0 saturated carbocycles. The summed E-state index contributed by atoms with van der Waals surface area (Å²) in [6, 6.07) is 10.9. The molecule has 104 valence electrons. The van der Waals surface area contributed by atoms with Gasteiger partial charge in [0.2, 0.25) is 0 Å². The average Bonchev–Trinajstić information content (AvgIpc) is 3.01. The molecule has 1 aliphatic rings. The topological polar surface area (TPSA) is 77.0 Å². The number of nitrogens with one attached hydrogen (secondary N) is 1. The number of rotatable bonds is 2. The molecule has 2 aromatic rings. The van der Waals surface area contributed by atoms with Crippen molar-refractivity contribution < 1.29 is 14.5 Å². The Morgan fingerprint density at radius 2 is 2.05 bits per heavy atom. The summed E-state index contributed by atoms with van der Waals surface area (Å²) < 4.78 is 2.79. The van der Waals surface area contributed by atoms with Gasteiger partial charge < -0.3 is 0 Å². The molecular formula is C15H12N3O2Se+. The SMILES string of the molecule is N#CC1=C(O)NC(=O)C([n+]2ccccc2)C1c1ccc[se]1. The molecule has 0 fully saturated rings. The minimum absolute atomic E-state index is 0.0955. The minimum atomic E-state index is -0.565. The molecule has 0 spiro atoms. The van der Waals surface area contributed by atoms with E-state index < -0.39 is 12.0 Å². The van der Waals surface area contributed by atoms with Crippen LogP contribution in [0.15, 0.2) is 59.1 Å². The predicted octanol–water partition coefficient (Wildman–Crippen LogP) is 0.779. The van der Waals surface area contributed by atoms with Gasteiger partial charge in [0.1, 0.15) is 0 Å². The number of hydrogen-bond acceptors (Lipinski definition) is 3. The van der Waals surface area contributed by atoms with Gasteiger partial charge in [-0.15, -0.1) is 0 Å². The van der Waals surface area contributed by atoms with Crippen molar-refractivity contribution in [3.8, 4) is 6.07 Å². The summed E-state index contributed by atoms with van der Waals surface area (Å²) in [5.41, 5.74) is 0.216. The first-order valence-electron chi connectivity index (χ1n) is 6.35. The van der Waals surface area contributed by atoms with E-state index in [1.165, 1.54) is 0 Å². The Morgan fingerprint density at radius 3 is 2.67 bits per heavy atom. The molecule has 2 unspecified atom stereocenters. The van der Waals surface area contributed by atoms with Gasteiger partial charge in [0.15, 0.2) is 0 Å². The fourth-order valence-electron chi connectivity index (χ4n) is 2.51. The first-order chi connectivity index (χ1) is 10.2. The van der Waals surface area contributed by atoms with E-state index in [9.17, 15) is 15.2 Å². The summed E-state index contributed by atoms with van der Waals surface area (Å²) >= 11 is 0.0955. The molecule has 1 aliphatic heterocycles. The number of hydrogen-bond donors (Lipinski definition) is 2. The number of aromatic nitrogens is 1. The van der Waals surface area contributed by atoms with E-state index in [-0.39, 0.29) is 31.9 Å². The molecule has 3 rings (SSSR count). The van der Waals surface area contributed by atoms with Gasteiger partial charge in [0.25, 0.3) is 0 Å². The third-order valence-electron chi connectivity index (χ3n) is 3.42. The number of carbonyl (C=O) groups excluding carboxylic acids is 1. The summed E-state index contributed by atoms with van der Waals surface area (Å²) in [4.78, 5) is 14.4. The van der Waals surface area contributed by atoms with Crippen LogP contribution in [0.25, 0.3) is 0 Å². The Kier molecular flexibility index (Phi) is 3.61. The van der Waals surface area contributed by atoms with Gasteiger partial charge in [-0.3, -0.25) is 0 Å². The monoisotopic (exact) mass is 346 g/mol. The van der Waals surface area contributed by atoms with Crippen molar-refractivity contribution >= 4 is 20.4 Å². The number of amides is 1. The van der Waals surface area contributed by atoms with Crippen LogP contribution >= 0.6 is 0 Å². The zero-order valence-electron chi connectivity index (χ0n) is 10.9. The Labute approximate surface area is 127 Å². The Balaban J connectivity index is 2.17. The molecule has 0 radical (unpaired) electrons. The number of carbonyl (C=O) groups is 1. The molecule has 5 nitrogen and oxygen atoms in total. The normalized spacial score (nSPS) is 21.8. The van der Waals surface area contributed by atoms with Crippen molar-refractivity contribution in [1.29, 1.82) is 5.26 Å². The van der Waals surface area contributed by atoms with Crippen LogP contribution in [-0.2, 0) is 4.79 Å². The number of allylic oxidation sites excluding steroid dienone is 1. The first-order valence-corrected chi connectivity index (χ1v) is 8.20. The van der Waals surface area contributed by atoms with E-state index in [0.29, 0.717) is 0 Å². The van der Waals surface area contributed by atoms with Crippen LogP contribution in [-0.4, -0.2) is 25.5 Å². The van der Waals surface area contributed by atoms with Gasteiger partial charge in [0.05, 0.1) is 0 Å². The van der Waals surface area contributed by atoms with Crippen molar-refractivity contribution in [2.75, 3.05) is 0 Å². The second-order valence-electron chi connectivity index (χ2n) is 4.62. The predicted molar refractivity (Wildman–Crippen MR) is 75.2 cm³/mol. The summed E-state index contributed by atoms with van der Waals surface area (Å²) in [6.07, 6.45) is 3.59. The van der Waals surface area contributed by atoms with Crippen LogP contribution in [0.1, 0.15) is 16.4 Å². The van der Waals surface area contributed by atoms with Gasteiger partial charge in [-0.25, -0.2) is 0 Å². The summed E-state index contributed by atoms with van der Waals surface area (Å²) in [5, 5.41) is 21.7. The van der Waals surface area contributed by atoms with Gasteiger partial charge in [-0.2, -0.15) is 0 Å². The van der Waals surface area contributed by atoms with Crippen LogP contribution in [0, 0.1) is 11.3 Å². The van der Waals surface area contributed by atoms with Gasteiger partial charge in [0, 0.05) is 0 Å². The second-order valence-corrected chi connectivity index (χ2v) is 6.68. The fraction of sp³-hybridized carbons (Fsp3) is 0.133. The van der Waals surface area contributed by atoms with Crippen LogP contribution in [0.2, 0.25) is 0 Å². The summed E-state index contributed by atoms with van der Waals surface area (Å²) in [5.74, 6) is -1.06. The fourth-order valence-corrected chi connectivity index (χ4v) is 4.32. The Morgan fingerprint density at radius 1 is 1.29 bits per heavy atom. The van der Waals surface area contributed by atoms with E-state index in [1.54, 1.807) is 17.0 Å². The van der Waals surface area contributed by atoms with Gasteiger partial charge >= 0.3 is 127 Å². The average molecular weight is 345 g/mol. The van der Waals surface area contributed by atoms with Gasteiger partial charge in [-0.1, -0.05) is 0 Å². The van der Waals surface area contributed by atoms with Crippen molar-refractivity contribution in [3.05, 3.63) is 63.6 Å². The zero-order valence-corrected chi connectivity index (χ0v) is 12.6. The molecule has 0 saturated heterocycles. The standard InChI is InChI=1S/C15H11N3O2Se/c16-9-10-12(11-5-4-8-21-11)13(15(20)17-14(10)19)18-6-2-1-3-7-18/h1-8,12-13H,(H-,17,19,20)/p+1. The first kappa shape index (κ1) is 13.6. The number of aliphatic hydroxyl groups is 1. The molecule has 1 amide bonds. The van der Waals surface area contributed by atoms with Crippen molar-refractivity contribution in [1.82, 2.24) is 5.32 Å². The zero-order chi connectivity index (χ0) is 14.8. The number of nitrogens with zero attached hydrogens (tertiary/aromatic N) is 2. The van der Waals surface area contributed by atoms with E-state index in [2.05, 4.69) is 5.32 Å². The summed E-state index contributed by atoms with van der Waals surface area (Å²) in [6.45, 7) is 0. The molecule has 0 aliphatic carbocycles. The number of aliphatic hydroxyl groups excluding tert-OH is 1. The van der Waals surface area contributed by atoms with Crippen LogP contribution in [0.3, 0.4) is 0 Å². The maximum atomic E-state index is 12.4. The molecule has 0 aromatic carbocycles.